The van der Waals surface area contributed by atoms with Gasteiger partial charge in [0.2, 0.25) is 0 Å². The summed E-state index contributed by atoms with van der Waals surface area (Å²) in [4.78, 5) is 0. The van der Waals surface area contributed by atoms with Crippen molar-refractivity contribution in [3.8, 4) is 0 Å². The van der Waals surface area contributed by atoms with Gasteiger partial charge in [0.25, 0.3) is 0 Å². The van der Waals surface area contributed by atoms with Crippen LogP contribution < -0.4 is 0 Å². The van der Waals surface area contributed by atoms with Crippen molar-refractivity contribution in [3.05, 3.63) is 0 Å². The molecule has 0 unspecified atom stereocenters. The van der Waals surface area contributed by atoms with Crippen molar-refractivity contribution in [1.82, 2.24) is 0 Å². The van der Waals surface area contributed by atoms with Crippen molar-refractivity contribution in [2.45, 2.75) is 0 Å². The van der Waals surface area contributed by atoms with Crippen molar-refractivity contribution in [1.29, 1.82) is 0 Å². The Morgan fingerprint density at radius 3 is 1.00 bits per heavy atom. The first-order valence-electron chi connectivity index (χ1n) is 0. The third kappa shape index (κ3) is 8.93. The normalized spacial score (nSPS) is 0. The van der Waals surface area contributed by atoms with Crippen LogP contribution in [0.1, 0.15) is 2.85 Å². The zero-order valence-corrected chi connectivity index (χ0v) is 9.82. The van der Waals surface area contributed by atoms with Gasteiger partial charge in [-0.3, -0.25) is 0 Å². The van der Waals surface area contributed by atoms with E-state index in [0.29, 0.717) is 0 Å². The van der Waals surface area contributed by atoms with Gasteiger partial charge in [-0.25, -0.2) is 0 Å². The molecule has 0 saturated heterocycles. The molecule has 0 aromatic carbocycles. The maximum atomic E-state index is 0. The summed E-state index contributed by atoms with van der Waals surface area (Å²) in [5, 5.41) is 0. The summed E-state index contributed by atoms with van der Waals surface area (Å²) in [6, 6.07) is 0. The maximum Gasteiger partial charge on any atom is 2.00 e. The van der Waals surface area contributed by atoms with Crippen LogP contribution in [0.4, 0.5) is 0 Å². The van der Waals surface area contributed by atoms with E-state index in [-0.39, 0.29) is 82.2 Å². The molecule has 0 fully saturated rings. The zero-order chi connectivity index (χ0) is 0. The first kappa shape index (κ1) is 35.8. The average molecular weight is 241 g/mol. The third-order valence-electron chi connectivity index (χ3n) is 0. The molecule has 0 aromatic rings. The summed E-state index contributed by atoms with van der Waals surface area (Å²) in [6.07, 6.45) is 0. The van der Waals surface area contributed by atoms with Crippen molar-refractivity contribution < 1.29 is 33.3 Å². The average Bonchev–Trinajstić information content (AvgIpc) is 0. The van der Waals surface area contributed by atoms with Crippen LogP contribution in [0.5, 0.6) is 0 Å². The quantitative estimate of drug-likeness (QED) is 0.449. The van der Waals surface area contributed by atoms with E-state index in [2.05, 4.69) is 0 Å². The molecule has 4 heteroatoms. The number of hydrogen-bond acceptors (Lipinski definition) is 0. The Balaban J connectivity index is 0. The molecular formula is H6BaO2Zn. The Kier molecular flexibility index (Phi) is 173. The van der Waals surface area contributed by atoms with Gasteiger partial charge in [-0.15, -0.1) is 0 Å². The Morgan fingerprint density at radius 2 is 1.00 bits per heavy atom. The van der Waals surface area contributed by atoms with Crippen LogP contribution in [-0.4, -0.2) is 59.8 Å². The Bertz CT molecular complexity index is 11.5. The monoisotopic (exact) mass is 240 g/mol. The Hall–Kier alpha value is 2.11. The summed E-state index contributed by atoms with van der Waals surface area (Å²) < 4.78 is 0. The standard InChI is InChI=1S/Ba.2H2O.Zn.2H/h;2*1H2;;;/q+2;;;;2*-1. The molecule has 0 heterocycles. The van der Waals surface area contributed by atoms with Gasteiger partial charge in [0.1, 0.15) is 0 Å². The molecule has 0 amide bonds. The largest absolute Gasteiger partial charge is 2.00 e. The van der Waals surface area contributed by atoms with Gasteiger partial charge in [0, 0.05) is 19.5 Å². The molecule has 0 aliphatic carbocycles. The molecule has 22 valence electrons. The molecule has 4 heavy (non-hydrogen) atoms. The topological polar surface area (TPSA) is 63.0 Å². The molecular weight excluding hydrogens is 235 g/mol. The van der Waals surface area contributed by atoms with Gasteiger partial charge < -0.3 is 13.8 Å². The number of hydrogen-bond donors (Lipinski definition) is 0. The fourth-order valence-corrected chi connectivity index (χ4v) is 0. The molecule has 0 spiro atoms. The molecule has 0 aliphatic heterocycles. The van der Waals surface area contributed by atoms with Gasteiger partial charge in [0.05, 0.1) is 0 Å². The SMILES string of the molecule is O.O.[Ba+2].[H-].[H-].[Zn]. The second kappa shape index (κ2) is 19.4. The number of rotatable bonds is 0. The second-order valence-electron chi connectivity index (χ2n) is 0. The summed E-state index contributed by atoms with van der Waals surface area (Å²) >= 11 is 0. The van der Waals surface area contributed by atoms with Gasteiger partial charge in [-0.1, -0.05) is 0 Å². The summed E-state index contributed by atoms with van der Waals surface area (Å²) in [5.41, 5.74) is 0. The minimum absolute atomic E-state index is 0. The van der Waals surface area contributed by atoms with Crippen molar-refractivity contribution in [2.24, 2.45) is 0 Å². The fourth-order valence-electron chi connectivity index (χ4n) is 0. The molecule has 0 aliphatic rings. The van der Waals surface area contributed by atoms with E-state index in [4.69, 9.17) is 0 Å². The molecule has 0 rings (SSSR count). The molecule has 0 radical (unpaired) electrons. The predicted octanol–water partition coefficient (Wildman–Crippen LogP) is -1.81. The molecule has 0 atom stereocenters. The molecule has 0 saturated carbocycles. The van der Waals surface area contributed by atoms with Gasteiger partial charge in [0.15, 0.2) is 0 Å². The third-order valence-corrected chi connectivity index (χ3v) is 0. The minimum Gasteiger partial charge on any atom is -1.00 e. The van der Waals surface area contributed by atoms with Gasteiger partial charge in [-0.05, 0) is 0 Å². The first-order valence-corrected chi connectivity index (χ1v) is 0. The zero-order valence-electron chi connectivity index (χ0n) is 4.41. The van der Waals surface area contributed by atoms with Gasteiger partial charge >= 0.3 is 48.9 Å². The molecule has 0 bridgehead atoms. The van der Waals surface area contributed by atoms with Crippen LogP contribution in [-0.2, 0) is 19.5 Å². The van der Waals surface area contributed by atoms with Crippen LogP contribution in [0.15, 0.2) is 0 Å². The van der Waals surface area contributed by atoms with Crippen molar-refractivity contribution in [3.63, 3.8) is 0 Å². The molecule has 2 nitrogen and oxygen atoms in total. The fraction of sp³-hybridized carbons (Fsp3) is 0. The van der Waals surface area contributed by atoms with Gasteiger partial charge in [-0.2, -0.15) is 0 Å². The Labute approximate surface area is 80.8 Å². The van der Waals surface area contributed by atoms with Crippen LogP contribution in [0.25, 0.3) is 0 Å². The van der Waals surface area contributed by atoms with Crippen LogP contribution in [0.2, 0.25) is 0 Å². The van der Waals surface area contributed by atoms with Crippen LogP contribution in [0, 0.1) is 0 Å². The van der Waals surface area contributed by atoms with E-state index in [1.54, 1.807) is 0 Å². The van der Waals surface area contributed by atoms with Crippen molar-refractivity contribution in [2.75, 3.05) is 0 Å². The van der Waals surface area contributed by atoms with E-state index in [0.717, 1.165) is 0 Å². The van der Waals surface area contributed by atoms with Crippen molar-refractivity contribution >= 4 is 48.9 Å². The molecule has 4 N–H and O–H groups in total. The first-order chi connectivity index (χ1) is 0. The summed E-state index contributed by atoms with van der Waals surface area (Å²) in [5.74, 6) is 0. The predicted molar refractivity (Wildman–Crippen MR) is 15.2 cm³/mol. The maximum absolute atomic E-state index is 0. The smallest absolute Gasteiger partial charge is 1.00 e. The van der Waals surface area contributed by atoms with Crippen LogP contribution in [0.3, 0.4) is 0 Å². The summed E-state index contributed by atoms with van der Waals surface area (Å²) in [7, 11) is 0. The molecule has 0 aromatic heterocycles. The van der Waals surface area contributed by atoms with E-state index >= 15 is 0 Å². The van der Waals surface area contributed by atoms with E-state index in [1.807, 2.05) is 0 Å². The Morgan fingerprint density at radius 1 is 1.00 bits per heavy atom. The second-order valence-corrected chi connectivity index (χ2v) is 0. The summed E-state index contributed by atoms with van der Waals surface area (Å²) in [6.45, 7) is 0. The minimum atomic E-state index is 0. The van der Waals surface area contributed by atoms with Crippen LogP contribution >= 0.6 is 0 Å². The van der Waals surface area contributed by atoms with E-state index in [9.17, 15) is 0 Å². The van der Waals surface area contributed by atoms with E-state index in [1.165, 1.54) is 0 Å². The van der Waals surface area contributed by atoms with E-state index < -0.39 is 0 Å².